The number of carbonyl (C=O) groups excluding carboxylic acids is 2. The molecule has 0 radical (unpaired) electrons. The van der Waals surface area contributed by atoms with E-state index in [9.17, 15) is 9.59 Å². The third-order valence-corrected chi connectivity index (χ3v) is 6.40. The highest BCUT2D eigenvalue weighted by molar-refractivity contribution is 6.35. The minimum absolute atomic E-state index is 0.00165. The van der Waals surface area contributed by atoms with Crippen molar-refractivity contribution in [2.45, 2.75) is 46.5 Å². The van der Waals surface area contributed by atoms with Gasteiger partial charge in [0.15, 0.2) is 5.78 Å². The van der Waals surface area contributed by atoms with Crippen molar-refractivity contribution < 1.29 is 18.7 Å². The first-order valence-electron chi connectivity index (χ1n) is 10.6. The lowest BCUT2D eigenvalue weighted by atomic mass is 9.69. The maximum absolute atomic E-state index is 13.3. The lowest BCUT2D eigenvalue weighted by molar-refractivity contribution is -0.138. The van der Waals surface area contributed by atoms with Crippen LogP contribution in [-0.2, 0) is 14.3 Å². The van der Waals surface area contributed by atoms with Crippen molar-refractivity contribution in [1.29, 1.82) is 0 Å². The van der Waals surface area contributed by atoms with Gasteiger partial charge in [0.2, 0.25) is 0 Å². The molecule has 1 aromatic heterocycles. The van der Waals surface area contributed by atoms with Gasteiger partial charge in [-0.3, -0.25) is 4.79 Å². The topological polar surface area (TPSA) is 68.5 Å². The van der Waals surface area contributed by atoms with Crippen LogP contribution in [0.4, 0.5) is 0 Å². The van der Waals surface area contributed by atoms with Crippen LogP contribution in [0.2, 0.25) is 10.0 Å². The van der Waals surface area contributed by atoms with Crippen LogP contribution in [0.1, 0.15) is 52.2 Å². The number of hydrogen-bond acceptors (Lipinski definition) is 5. The Labute approximate surface area is 197 Å². The maximum atomic E-state index is 13.3. The Morgan fingerprint density at radius 2 is 1.97 bits per heavy atom. The molecule has 2 aromatic rings. The molecule has 32 heavy (non-hydrogen) atoms. The van der Waals surface area contributed by atoms with Gasteiger partial charge in [0, 0.05) is 34.0 Å². The van der Waals surface area contributed by atoms with E-state index >= 15 is 0 Å². The standard InChI is InChI=1S/C25H25Cl2NO4/c1-5-31-24(30)21-13(2)28-17-11-25(3,4)12-18(29)22(17)23(21)20-9-8-19(32-20)15-10-14(26)6-7-16(15)27/h6-10,23,28H,5,11-12H2,1-4H3/t23-/m0/s1. The molecule has 1 aliphatic carbocycles. The number of nitrogens with one attached hydrogen (secondary N) is 1. The number of ether oxygens (including phenoxy) is 1. The first kappa shape index (κ1) is 22.7. The molecule has 0 fully saturated rings. The lowest BCUT2D eigenvalue weighted by Gasteiger charge is -2.38. The molecule has 5 nitrogen and oxygen atoms in total. The van der Waals surface area contributed by atoms with Crippen molar-refractivity contribution in [3.05, 3.63) is 68.7 Å². The monoisotopic (exact) mass is 473 g/mol. The third kappa shape index (κ3) is 4.12. The van der Waals surface area contributed by atoms with E-state index < -0.39 is 11.9 Å². The average molecular weight is 474 g/mol. The second kappa shape index (κ2) is 8.45. The van der Waals surface area contributed by atoms with E-state index in [2.05, 4.69) is 19.2 Å². The molecule has 168 valence electrons. The number of halogens is 2. The number of furan rings is 1. The molecule has 0 spiro atoms. The number of benzene rings is 1. The summed E-state index contributed by atoms with van der Waals surface area (Å²) < 4.78 is 11.5. The number of allylic oxidation sites excluding steroid dienone is 3. The number of carbonyl (C=O) groups is 2. The van der Waals surface area contributed by atoms with Crippen molar-refractivity contribution >= 4 is 35.0 Å². The van der Waals surface area contributed by atoms with Crippen LogP contribution in [0.5, 0.6) is 0 Å². The molecule has 0 bridgehead atoms. The van der Waals surface area contributed by atoms with E-state index in [1.54, 1.807) is 37.3 Å². The van der Waals surface area contributed by atoms with Gasteiger partial charge in [-0.1, -0.05) is 37.0 Å². The molecule has 1 aromatic carbocycles. The fourth-order valence-electron chi connectivity index (χ4n) is 4.54. The Hall–Kier alpha value is -2.50. The van der Waals surface area contributed by atoms with E-state index in [0.717, 1.165) is 5.70 Å². The van der Waals surface area contributed by atoms with Gasteiger partial charge in [-0.2, -0.15) is 0 Å². The zero-order chi connectivity index (χ0) is 23.2. The van der Waals surface area contributed by atoms with Gasteiger partial charge < -0.3 is 14.5 Å². The van der Waals surface area contributed by atoms with Crippen LogP contribution >= 0.6 is 23.2 Å². The Balaban J connectivity index is 1.86. The maximum Gasteiger partial charge on any atom is 0.336 e. The molecule has 0 saturated heterocycles. The summed E-state index contributed by atoms with van der Waals surface area (Å²) in [7, 11) is 0. The van der Waals surface area contributed by atoms with Gasteiger partial charge in [0.25, 0.3) is 0 Å². The Morgan fingerprint density at radius 3 is 2.69 bits per heavy atom. The number of rotatable bonds is 4. The lowest BCUT2D eigenvalue weighted by Crippen LogP contribution is -2.38. The second-order valence-electron chi connectivity index (χ2n) is 8.98. The molecule has 1 N–H and O–H groups in total. The third-order valence-electron chi connectivity index (χ3n) is 5.84. The summed E-state index contributed by atoms with van der Waals surface area (Å²) in [5, 5.41) is 4.33. The Bertz CT molecular complexity index is 1170. The van der Waals surface area contributed by atoms with Crippen molar-refractivity contribution in [1.82, 2.24) is 5.32 Å². The smallest absolute Gasteiger partial charge is 0.336 e. The first-order chi connectivity index (χ1) is 15.1. The molecular formula is C25H25Cl2NO4. The molecule has 2 heterocycles. The van der Waals surface area contributed by atoms with Gasteiger partial charge in [-0.15, -0.1) is 0 Å². The minimum Gasteiger partial charge on any atom is -0.463 e. The highest BCUT2D eigenvalue weighted by Gasteiger charge is 2.44. The van der Waals surface area contributed by atoms with Crippen molar-refractivity contribution in [3.63, 3.8) is 0 Å². The van der Waals surface area contributed by atoms with Gasteiger partial charge >= 0.3 is 5.97 Å². The highest BCUT2D eigenvalue weighted by atomic mass is 35.5. The number of ketones is 1. The zero-order valence-electron chi connectivity index (χ0n) is 18.5. The molecule has 1 aliphatic heterocycles. The fraction of sp³-hybridized carbons (Fsp3) is 0.360. The summed E-state index contributed by atoms with van der Waals surface area (Å²) in [6.45, 7) is 7.95. The summed E-state index contributed by atoms with van der Waals surface area (Å²) >= 11 is 12.5. The van der Waals surface area contributed by atoms with Crippen LogP contribution in [0.3, 0.4) is 0 Å². The highest BCUT2D eigenvalue weighted by Crippen LogP contribution is 2.47. The van der Waals surface area contributed by atoms with Gasteiger partial charge in [0.05, 0.1) is 23.1 Å². The molecule has 1 atom stereocenters. The second-order valence-corrected chi connectivity index (χ2v) is 9.82. The summed E-state index contributed by atoms with van der Waals surface area (Å²) in [5.41, 5.74) is 2.92. The SMILES string of the molecule is CCOC(=O)C1=C(C)NC2=C(C(=O)CC(C)(C)C2)[C@H]1c1ccc(-c2cc(Cl)ccc2Cl)o1. The van der Waals surface area contributed by atoms with E-state index in [1.807, 2.05) is 6.92 Å². The number of hydrogen-bond donors (Lipinski definition) is 1. The number of dihydropyridines is 1. The van der Waals surface area contributed by atoms with Gasteiger partial charge in [-0.05, 0) is 56.0 Å². The molecule has 7 heteroatoms. The molecule has 4 rings (SSSR count). The van der Waals surface area contributed by atoms with Crippen LogP contribution < -0.4 is 5.32 Å². The van der Waals surface area contributed by atoms with Gasteiger partial charge in [-0.25, -0.2) is 4.79 Å². The molecular weight excluding hydrogens is 449 g/mol. The summed E-state index contributed by atoms with van der Waals surface area (Å²) in [6.07, 6.45) is 1.10. The first-order valence-corrected chi connectivity index (χ1v) is 11.3. The molecule has 0 saturated carbocycles. The van der Waals surface area contributed by atoms with Gasteiger partial charge in [0.1, 0.15) is 11.5 Å². The van der Waals surface area contributed by atoms with Crippen LogP contribution in [0, 0.1) is 5.41 Å². The van der Waals surface area contributed by atoms with Crippen LogP contribution in [0.25, 0.3) is 11.3 Å². The van der Waals surface area contributed by atoms with Crippen molar-refractivity contribution in [2.24, 2.45) is 5.41 Å². The predicted octanol–water partition coefficient (Wildman–Crippen LogP) is 6.42. The quantitative estimate of drug-likeness (QED) is 0.518. The van der Waals surface area contributed by atoms with Crippen LogP contribution in [0.15, 0.2) is 57.3 Å². The summed E-state index contributed by atoms with van der Waals surface area (Å²) in [6, 6.07) is 8.69. The molecule has 0 unspecified atom stereocenters. The summed E-state index contributed by atoms with van der Waals surface area (Å²) in [5.74, 6) is -0.119. The van der Waals surface area contributed by atoms with E-state index in [0.29, 0.717) is 56.8 Å². The largest absolute Gasteiger partial charge is 0.463 e. The van der Waals surface area contributed by atoms with Crippen molar-refractivity contribution in [3.8, 4) is 11.3 Å². The van der Waals surface area contributed by atoms with E-state index in [1.165, 1.54) is 0 Å². The number of Topliss-reactive ketones (excluding diaryl/α,β-unsaturated/α-hetero) is 1. The van der Waals surface area contributed by atoms with E-state index in [4.69, 9.17) is 32.4 Å². The molecule has 2 aliphatic rings. The average Bonchev–Trinajstić information content (AvgIpc) is 3.17. The molecule has 0 amide bonds. The fourth-order valence-corrected chi connectivity index (χ4v) is 4.92. The minimum atomic E-state index is -0.652. The Morgan fingerprint density at radius 1 is 1.22 bits per heavy atom. The Kier molecular flexibility index (Phi) is 5.99. The summed E-state index contributed by atoms with van der Waals surface area (Å²) in [4.78, 5) is 26.2. The zero-order valence-corrected chi connectivity index (χ0v) is 20.0. The van der Waals surface area contributed by atoms with E-state index in [-0.39, 0.29) is 17.8 Å². The van der Waals surface area contributed by atoms with Crippen molar-refractivity contribution in [2.75, 3.05) is 6.61 Å². The number of esters is 1. The predicted molar refractivity (Wildman–Crippen MR) is 124 cm³/mol. The van der Waals surface area contributed by atoms with Crippen LogP contribution in [-0.4, -0.2) is 18.4 Å². The normalized spacial score (nSPS) is 20.2.